The molecule has 1 heterocycles. The van der Waals surface area contributed by atoms with Gasteiger partial charge in [0, 0.05) is 6.54 Å². The van der Waals surface area contributed by atoms with Gasteiger partial charge in [-0.2, -0.15) is 0 Å². The number of rotatable bonds is 3. The first kappa shape index (κ1) is 17.8. The highest BCUT2D eigenvalue weighted by atomic mass is 16.4. The Morgan fingerprint density at radius 3 is 2.19 bits per heavy atom. The molecular weight excluding hydrogens is 206 g/mol. The lowest BCUT2D eigenvalue weighted by molar-refractivity contribution is -0.144. The quantitative estimate of drug-likeness (QED) is 0.782. The van der Waals surface area contributed by atoms with Gasteiger partial charge in [0.1, 0.15) is 6.04 Å². The van der Waals surface area contributed by atoms with Crippen molar-refractivity contribution in [3.8, 4) is 0 Å². The molecular formula is C12H27NO3. The van der Waals surface area contributed by atoms with Crippen LogP contribution >= 0.6 is 0 Å². The summed E-state index contributed by atoms with van der Waals surface area (Å²) in [6.07, 6.45) is 0.821. The second-order valence-corrected chi connectivity index (χ2v) is 3.18. The maximum Gasteiger partial charge on any atom is 0.323 e. The monoisotopic (exact) mass is 233 g/mol. The molecule has 1 saturated heterocycles. The molecule has 1 aliphatic rings. The Hall–Kier alpha value is -0.610. The summed E-state index contributed by atoms with van der Waals surface area (Å²) in [6.45, 7) is 11.5. The number of carboxylic acids is 1. The van der Waals surface area contributed by atoms with Gasteiger partial charge < -0.3 is 10.2 Å². The summed E-state index contributed by atoms with van der Waals surface area (Å²) in [6, 6.07) is -0.676. The maximum atomic E-state index is 10.7. The van der Waals surface area contributed by atoms with Crippen LogP contribution in [0.3, 0.4) is 0 Å². The molecule has 0 aromatic rings. The lowest BCUT2D eigenvalue weighted by Crippen LogP contribution is -2.42. The molecule has 0 aromatic heterocycles. The lowest BCUT2D eigenvalue weighted by Gasteiger charge is -2.21. The number of carboxylic acid groups (broad SMARTS) is 1. The number of nitrogens with zero attached hydrogens (tertiary/aromatic N) is 1. The summed E-state index contributed by atoms with van der Waals surface area (Å²) < 4.78 is 0. The molecule has 0 aromatic carbocycles. The Kier molecular flexibility index (Phi) is 12.1. The Labute approximate surface area is 99.3 Å². The van der Waals surface area contributed by atoms with Gasteiger partial charge in [-0.15, -0.1) is 0 Å². The molecule has 1 rings (SSSR count). The molecule has 0 saturated carbocycles. The molecule has 2 atom stereocenters. The molecule has 2 unspecified atom stereocenters. The summed E-state index contributed by atoms with van der Waals surface area (Å²) in [5.74, 6) is -0.909. The van der Waals surface area contributed by atoms with Gasteiger partial charge >= 0.3 is 5.97 Å². The van der Waals surface area contributed by atoms with E-state index in [4.69, 9.17) is 5.11 Å². The molecule has 1 aliphatic heterocycles. The number of hydrogen-bond donors (Lipinski definition) is 2. The average Bonchev–Trinajstić information content (AvgIpc) is 2.66. The standard InChI is InChI=1S/C8H15NO3.2C2H6/c1-2-4-9-5-3-6(10)7(9)8(11)12;2*1-2/h6-7,10H,2-5H2,1H3,(H,11,12);2*1-2H3. The van der Waals surface area contributed by atoms with E-state index in [-0.39, 0.29) is 0 Å². The highest BCUT2D eigenvalue weighted by Gasteiger charge is 2.37. The zero-order valence-electron chi connectivity index (χ0n) is 11.2. The van der Waals surface area contributed by atoms with Crippen LogP contribution in [0, 0.1) is 0 Å². The van der Waals surface area contributed by atoms with Crippen LogP contribution in [0.5, 0.6) is 0 Å². The molecule has 2 N–H and O–H groups in total. The first-order valence-electron chi connectivity index (χ1n) is 6.31. The molecule has 98 valence electrons. The van der Waals surface area contributed by atoms with E-state index in [0.29, 0.717) is 13.0 Å². The normalized spacial score (nSPS) is 23.9. The van der Waals surface area contributed by atoms with Crippen LogP contribution in [0.2, 0.25) is 0 Å². The fourth-order valence-corrected chi connectivity index (χ4v) is 1.70. The molecule has 0 radical (unpaired) electrons. The first-order chi connectivity index (χ1) is 7.66. The van der Waals surface area contributed by atoms with E-state index in [1.807, 2.05) is 39.5 Å². The summed E-state index contributed by atoms with van der Waals surface area (Å²) in [5, 5.41) is 18.1. The fraction of sp³-hybridized carbons (Fsp3) is 0.917. The number of aliphatic hydroxyl groups excluding tert-OH is 1. The maximum absolute atomic E-state index is 10.7. The average molecular weight is 233 g/mol. The van der Waals surface area contributed by atoms with Crippen molar-refractivity contribution < 1.29 is 15.0 Å². The molecule has 0 spiro atoms. The van der Waals surface area contributed by atoms with Crippen molar-refractivity contribution in [3.63, 3.8) is 0 Å². The summed E-state index contributed by atoms with van der Waals surface area (Å²) in [7, 11) is 0. The molecule has 0 aliphatic carbocycles. The van der Waals surface area contributed by atoms with Crippen LogP contribution in [0.4, 0.5) is 0 Å². The second kappa shape index (κ2) is 10.9. The zero-order valence-corrected chi connectivity index (χ0v) is 11.2. The Morgan fingerprint density at radius 2 is 1.81 bits per heavy atom. The Bertz CT molecular complexity index is 172. The summed E-state index contributed by atoms with van der Waals surface area (Å²) in [5.41, 5.74) is 0. The third-order valence-electron chi connectivity index (χ3n) is 2.23. The van der Waals surface area contributed by atoms with Crippen LogP contribution in [-0.4, -0.2) is 46.3 Å². The van der Waals surface area contributed by atoms with Gasteiger partial charge in [0.2, 0.25) is 0 Å². The van der Waals surface area contributed by atoms with Gasteiger partial charge in [-0.3, -0.25) is 9.69 Å². The highest BCUT2D eigenvalue weighted by Crippen LogP contribution is 2.17. The lowest BCUT2D eigenvalue weighted by atomic mass is 10.2. The molecule has 4 nitrogen and oxygen atoms in total. The number of likely N-dealkylation sites (tertiary alicyclic amines) is 1. The number of aliphatic carboxylic acids is 1. The van der Waals surface area contributed by atoms with Crippen molar-refractivity contribution in [3.05, 3.63) is 0 Å². The van der Waals surface area contributed by atoms with Crippen LogP contribution in [-0.2, 0) is 4.79 Å². The van der Waals surface area contributed by atoms with E-state index in [1.54, 1.807) is 0 Å². The van der Waals surface area contributed by atoms with E-state index < -0.39 is 18.1 Å². The predicted molar refractivity (Wildman–Crippen MR) is 66.6 cm³/mol. The number of aliphatic hydroxyl groups is 1. The van der Waals surface area contributed by atoms with E-state index in [9.17, 15) is 9.90 Å². The van der Waals surface area contributed by atoms with E-state index in [0.717, 1.165) is 13.0 Å². The van der Waals surface area contributed by atoms with E-state index in [1.165, 1.54) is 0 Å². The van der Waals surface area contributed by atoms with Gasteiger partial charge in [-0.1, -0.05) is 34.6 Å². The number of hydrogen-bond acceptors (Lipinski definition) is 3. The third-order valence-corrected chi connectivity index (χ3v) is 2.23. The minimum atomic E-state index is -0.909. The third kappa shape index (κ3) is 5.47. The SMILES string of the molecule is CC.CC.CCCN1CCC(O)C1C(=O)O. The Morgan fingerprint density at radius 1 is 1.31 bits per heavy atom. The van der Waals surface area contributed by atoms with Crippen LogP contribution < -0.4 is 0 Å². The van der Waals surface area contributed by atoms with Crippen molar-refractivity contribution >= 4 is 5.97 Å². The molecule has 1 fully saturated rings. The number of carbonyl (C=O) groups is 1. The molecule has 0 amide bonds. The van der Waals surface area contributed by atoms with Crippen LogP contribution in [0.1, 0.15) is 47.5 Å². The summed E-state index contributed by atoms with van der Waals surface area (Å²) >= 11 is 0. The van der Waals surface area contributed by atoms with Gasteiger partial charge in [-0.25, -0.2) is 0 Å². The van der Waals surface area contributed by atoms with Crippen LogP contribution in [0.15, 0.2) is 0 Å². The fourth-order valence-electron chi connectivity index (χ4n) is 1.70. The zero-order chi connectivity index (χ0) is 13.1. The minimum Gasteiger partial charge on any atom is -0.480 e. The minimum absolute atomic E-state index is 0.580. The van der Waals surface area contributed by atoms with E-state index in [2.05, 4.69) is 0 Å². The second-order valence-electron chi connectivity index (χ2n) is 3.18. The smallest absolute Gasteiger partial charge is 0.323 e. The predicted octanol–water partition coefficient (Wildman–Crippen LogP) is 1.97. The van der Waals surface area contributed by atoms with Crippen molar-refractivity contribution in [2.24, 2.45) is 0 Å². The topological polar surface area (TPSA) is 60.8 Å². The molecule has 0 bridgehead atoms. The van der Waals surface area contributed by atoms with E-state index >= 15 is 0 Å². The Balaban J connectivity index is 0. The van der Waals surface area contributed by atoms with Gasteiger partial charge in [-0.05, 0) is 19.4 Å². The molecule has 16 heavy (non-hydrogen) atoms. The van der Waals surface area contributed by atoms with Crippen molar-refractivity contribution in [2.45, 2.75) is 59.6 Å². The molecule has 4 heteroatoms. The van der Waals surface area contributed by atoms with Gasteiger partial charge in [0.15, 0.2) is 0 Å². The highest BCUT2D eigenvalue weighted by molar-refractivity contribution is 5.74. The largest absolute Gasteiger partial charge is 0.480 e. The van der Waals surface area contributed by atoms with Crippen molar-refractivity contribution in [2.75, 3.05) is 13.1 Å². The van der Waals surface area contributed by atoms with Crippen molar-refractivity contribution in [1.82, 2.24) is 4.90 Å². The van der Waals surface area contributed by atoms with Gasteiger partial charge in [0.25, 0.3) is 0 Å². The summed E-state index contributed by atoms with van der Waals surface area (Å²) in [4.78, 5) is 12.5. The van der Waals surface area contributed by atoms with Gasteiger partial charge in [0.05, 0.1) is 6.10 Å². The van der Waals surface area contributed by atoms with Crippen molar-refractivity contribution in [1.29, 1.82) is 0 Å². The first-order valence-corrected chi connectivity index (χ1v) is 6.31. The van der Waals surface area contributed by atoms with Crippen LogP contribution in [0.25, 0.3) is 0 Å².